The SMILES string of the molecule is Cc1ncnc(CCCc2ccc(Oc3c(Cl)cc([N+](=O)[O-])cc3Cl)cc2)c1Cl.OOC#COO. The van der Waals surface area contributed by atoms with E-state index in [0.29, 0.717) is 10.8 Å². The molecule has 2 aromatic carbocycles. The molecule has 0 fully saturated rings. The van der Waals surface area contributed by atoms with Crippen molar-refractivity contribution in [3.8, 4) is 23.7 Å². The van der Waals surface area contributed by atoms with Gasteiger partial charge in [0, 0.05) is 12.1 Å². The first-order valence-electron chi connectivity index (χ1n) is 9.73. The van der Waals surface area contributed by atoms with E-state index in [0.717, 1.165) is 36.2 Å². The van der Waals surface area contributed by atoms with Crippen molar-refractivity contribution in [3.05, 3.63) is 84.9 Å². The molecule has 0 spiro atoms. The van der Waals surface area contributed by atoms with E-state index in [2.05, 4.69) is 19.7 Å². The van der Waals surface area contributed by atoms with Gasteiger partial charge in [0.2, 0.25) is 12.2 Å². The topological polar surface area (TPSA) is 137 Å². The molecule has 184 valence electrons. The van der Waals surface area contributed by atoms with Crippen molar-refractivity contribution < 1.29 is 29.9 Å². The Balaban J connectivity index is 0.000000641. The fourth-order valence-corrected chi connectivity index (χ4v) is 3.52. The van der Waals surface area contributed by atoms with Crippen LogP contribution in [0.5, 0.6) is 11.5 Å². The van der Waals surface area contributed by atoms with Crippen LogP contribution in [0.4, 0.5) is 5.69 Å². The van der Waals surface area contributed by atoms with Gasteiger partial charge in [0.25, 0.3) is 5.69 Å². The minimum atomic E-state index is -0.563. The first-order chi connectivity index (χ1) is 16.8. The third-order valence-corrected chi connectivity index (χ3v) is 5.44. The van der Waals surface area contributed by atoms with Gasteiger partial charge in [0.1, 0.15) is 12.1 Å². The number of benzene rings is 2. The van der Waals surface area contributed by atoms with Gasteiger partial charge in [-0.2, -0.15) is 10.5 Å². The lowest BCUT2D eigenvalue weighted by molar-refractivity contribution is -0.384. The molecule has 0 aliphatic heterocycles. The highest BCUT2D eigenvalue weighted by Crippen LogP contribution is 2.39. The smallest absolute Gasteiger partial charge is 0.272 e. The van der Waals surface area contributed by atoms with Crippen molar-refractivity contribution in [3.63, 3.8) is 0 Å². The average molecular weight is 543 g/mol. The molecule has 0 amide bonds. The van der Waals surface area contributed by atoms with Crippen LogP contribution in [0, 0.1) is 29.3 Å². The van der Waals surface area contributed by atoms with Crippen LogP contribution in [0.1, 0.15) is 23.4 Å². The molecular weight excluding hydrogens is 525 g/mol. The third kappa shape index (κ3) is 8.75. The van der Waals surface area contributed by atoms with E-state index >= 15 is 0 Å². The van der Waals surface area contributed by atoms with Gasteiger partial charge >= 0.3 is 0 Å². The number of nitro groups is 1. The van der Waals surface area contributed by atoms with Crippen LogP contribution in [0.3, 0.4) is 0 Å². The summed E-state index contributed by atoms with van der Waals surface area (Å²) in [7, 11) is 0. The van der Waals surface area contributed by atoms with E-state index in [1.54, 1.807) is 12.1 Å². The molecule has 0 atom stereocenters. The predicted octanol–water partition coefficient (Wildman–Crippen LogP) is 6.51. The number of non-ortho nitro benzene ring substituents is 1. The Morgan fingerprint density at radius 1 is 1.00 bits per heavy atom. The van der Waals surface area contributed by atoms with Crippen LogP contribution in [0.15, 0.2) is 42.7 Å². The first-order valence-corrected chi connectivity index (χ1v) is 10.9. The predicted molar refractivity (Wildman–Crippen MR) is 129 cm³/mol. The highest BCUT2D eigenvalue weighted by atomic mass is 35.5. The number of halogens is 3. The summed E-state index contributed by atoms with van der Waals surface area (Å²) in [6, 6.07) is 9.88. The highest BCUT2D eigenvalue weighted by molar-refractivity contribution is 6.37. The number of hydrogen-bond acceptors (Lipinski definition) is 9. The molecule has 1 heterocycles. The lowest BCUT2D eigenvalue weighted by Crippen LogP contribution is -1.97. The summed E-state index contributed by atoms with van der Waals surface area (Å²) < 4.78 is 5.71. The minimum absolute atomic E-state index is 0.0744. The molecule has 1 aromatic heterocycles. The molecule has 35 heavy (non-hydrogen) atoms. The summed E-state index contributed by atoms with van der Waals surface area (Å²) in [5.41, 5.74) is 2.56. The first kappa shape index (κ1) is 27.9. The summed E-state index contributed by atoms with van der Waals surface area (Å²) in [4.78, 5) is 24.9. The number of aryl methyl sites for hydroxylation is 3. The lowest BCUT2D eigenvalue weighted by atomic mass is 10.1. The van der Waals surface area contributed by atoms with Crippen molar-refractivity contribution >= 4 is 40.5 Å². The number of ether oxygens (including phenoxy) is 1. The maximum atomic E-state index is 10.9. The van der Waals surface area contributed by atoms with E-state index in [-0.39, 0.29) is 21.5 Å². The molecule has 0 aliphatic carbocycles. The Morgan fingerprint density at radius 3 is 2.14 bits per heavy atom. The largest absolute Gasteiger partial charge is 0.454 e. The van der Waals surface area contributed by atoms with Crippen LogP contribution in [0.25, 0.3) is 0 Å². The number of nitrogens with zero attached hydrogens (tertiary/aromatic N) is 3. The average Bonchev–Trinajstić information content (AvgIpc) is 2.84. The third-order valence-electron chi connectivity index (χ3n) is 4.39. The zero-order valence-electron chi connectivity index (χ0n) is 18.1. The molecule has 10 nitrogen and oxygen atoms in total. The summed E-state index contributed by atoms with van der Waals surface area (Å²) in [5.74, 6) is 0.710. The van der Waals surface area contributed by atoms with Crippen molar-refractivity contribution in [1.82, 2.24) is 9.97 Å². The van der Waals surface area contributed by atoms with E-state index < -0.39 is 4.92 Å². The van der Waals surface area contributed by atoms with Gasteiger partial charge in [-0.1, -0.05) is 46.9 Å². The Hall–Kier alpha value is -3.33. The molecule has 0 bridgehead atoms. The summed E-state index contributed by atoms with van der Waals surface area (Å²) >= 11 is 18.4. The second-order valence-corrected chi connectivity index (χ2v) is 7.89. The normalized spacial score (nSPS) is 9.77. The van der Waals surface area contributed by atoms with Crippen molar-refractivity contribution in [2.45, 2.75) is 26.2 Å². The van der Waals surface area contributed by atoms with Crippen molar-refractivity contribution in [2.75, 3.05) is 0 Å². The maximum absolute atomic E-state index is 10.9. The van der Waals surface area contributed by atoms with Gasteiger partial charge in [0.15, 0.2) is 5.75 Å². The van der Waals surface area contributed by atoms with Crippen LogP contribution in [0.2, 0.25) is 15.1 Å². The van der Waals surface area contributed by atoms with E-state index in [1.807, 2.05) is 19.1 Å². The second-order valence-electron chi connectivity index (χ2n) is 6.70. The van der Waals surface area contributed by atoms with Crippen molar-refractivity contribution in [2.24, 2.45) is 0 Å². The Kier molecular flexibility index (Phi) is 11.3. The maximum Gasteiger partial charge on any atom is 0.272 e. The molecule has 3 aromatic rings. The molecule has 0 saturated carbocycles. The number of aromatic nitrogens is 2. The quantitative estimate of drug-likeness (QED) is 0.148. The van der Waals surface area contributed by atoms with Crippen molar-refractivity contribution in [1.29, 1.82) is 0 Å². The Morgan fingerprint density at radius 2 is 1.60 bits per heavy atom. The summed E-state index contributed by atoms with van der Waals surface area (Å²) in [6.07, 6.45) is 7.08. The van der Waals surface area contributed by atoms with Gasteiger partial charge in [-0.25, -0.2) is 9.97 Å². The standard InChI is InChI=1S/C20H16Cl3N3O3.C2H2O4/c1-12-19(23)18(25-11-24-12)4-2-3-13-5-7-15(8-6-13)29-20-16(21)9-14(26(27)28)10-17(20)22;3-5-1-2-6-4/h5-11H,2-4H2,1H3;3-4H. The zero-order valence-corrected chi connectivity index (χ0v) is 20.3. The van der Waals surface area contributed by atoms with E-state index in [4.69, 9.17) is 50.1 Å². The van der Waals surface area contributed by atoms with Gasteiger partial charge < -0.3 is 4.74 Å². The fraction of sp³-hybridized carbons (Fsp3) is 0.182. The van der Waals surface area contributed by atoms with Gasteiger partial charge in [-0.3, -0.25) is 19.9 Å². The Labute approximate surface area is 215 Å². The van der Waals surface area contributed by atoms with Crippen LogP contribution >= 0.6 is 34.8 Å². The summed E-state index contributed by atoms with van der Waals surface area (Å²) in [6.45, 7) is 1.86. The molecular formula is C22H18Cl3N3O7. The molecule has 13 heteroatoms. The van der Waals surface area contributed by atoms with Crippen LogP contribution in [-0.4, -0.2) is 25.4 Å². The highest BCUT2D eigenvalue weighted by Gasteiger charge is 2.16. The molecule has 0 aliphatic rings. The second kappa shape index (κ2) is 14.2. The van der Waals surface area contributed by atoms with Gasteiger partial charge in [0.05, 0.1) is 31.4 Å². The van der Waals surface area contributed by atoms with E-state index in [1.165, 1.54) is 30.7 Å². The number of rotatable bonds is 7. The van der Waals surface area contributed by atoms with Crippen LogP contribution < -0.4 is 4.74 Å². The zero-order chi connectivity index (χ0) is 25.8. The van der Waals surface area contributed by atoms with Gasteiger partial charge in [-0.05, 0) is 43.9 Å². The number of hydrogen-bond donors (Lipinski definition) is 2. The number of nitro benzene ring substituents is 1. The monoisotopic (exact) mass is 541 g/mol. The minimum Gasteiger partial charge on any atom is -0.454 e. The fourth-order valence-electron chi connectivity index (χ4n) is 2.77. The lowest BCUT2D eigenvalue weighted by Gasteiger charge is -2.10. The Bertz CT molecular complexity index is 1180. The molecule has 0 unspecified atom stereocenters. The summed E-state index contributed by atoms with van der Waals surface area (Å²) in [5, 5.41) is 26.3. The van der Waals surface area contributed by atoms with Crippen LogP contribution in [-0.2, 0) is 22.6 Å². The van der Waals surface area contributed by atoms with E-state index in [9.17, 15) is 10.1 Å². The molecule has 3 rings (SSSR count). The molecule has 0 saturated heterocycles. The molecule has 2 N–H and O–H groups in total. The molecule has 0 radical (unpaired) electrons. The van der Waals surface area contributed by atoms with Gasteiger partial charge in [-0.15, -0.1) is 0 Å².